The Balaban J connectivity index is 1.39. The first-order chi connectivity index (χ1) is 12.3. The summed E-state index contributed by atoms with van der Waals surface area (Å²) in [4.78, 5) is 22.9. The number of hydrogen-bond acceptors (Lipinski definition) is 5. The lowest BCUT2D eigenvalue weighted by atomic mass is 9.98. The van der Waals surface area contributed by atoms with Gasteiger partial charge in [0.05, 0.1) is 13.2 Å². The second-order valence-electron chi connectivity index (χ2n) is 6.47. The van der Waals surface area contributed by atoms with Gasteiger partial charge in [0, 0.05) is 25.4 Å². The Kier molecular flexibility index (Phi) is 4.61. The molecule has 1 aromatic carbocycles. The Morgan fingerprint density at radius 2 is 1.96 bits per heavy atom. The molecule has 1 fully saturated rings. The molecular weight excluding hydrogens is 318 g/mol. The summed E-state index contributed by atoms with van der Waals surface area (Å²) in [6, 6.07) is 10.3. The first kappa shape index (κ1) is 16.0. The van der Waals surface area contributed by atoms with Gasteiger partial charge in [-0.3, -0.25) is 4.79 Å². The van der Waals surface area contributed by atoms with Crippen LogP contribution in [0.1, 0.15) is 24.0 Å². The van der Waals surface area contributed by atoms with Crippen LogP contribution in [-0.2, 0) is 22.6 Å². The van der Waals surface area contributed by atoms with Crippen LogP contribution in [0.4, 0.5) is 0 Å². The second kappa shape index (κ2) is 7.19. The largest absolute Gasteiger partial charge is 0.458 e. The van der Waals surface area contributed by atoms with E-state index in [4.69, 9.17) is 9.47 Å². The van der Waals surface area contributed by atoms with Gasteiger partial charge in [0.1, 0.15) is 12.2 Å². The molecule has 6 nitrogen and oxygen atoms in total. The molecule has 0 saturated carbocycles. The molecule has 2 unspecified atom stereocenters. The van der Waals surface area contributed by atoms with E-state index < -0.39 is 6.10 Å². The van der Waals surface area contributed by atoms with E-state index in [0.29, 0.717) is 25.6 Å². The highest BCUT2D eigenvalue weighted by atomic mass is 16.5. The Bertz CT molecular complexity index is 738. The normalized spacial score (nSPS) is 23.0. The van der Waals surface area contributed by atoms with Crippen molar-refractivity contribution < 1.29 is 14.3 Å². The van der Waals surface area contributed by atoms with Gasteiger partial charge in [-0.15, -0.1) is 0 Å². The monoisotopic (exact) mass is 339 g/mol. The van der Waals surface area contributed by atoms with Crippen LogP contribution in [-0.4, -0.2) is 46.1 Å². The number of fused-ring (bicyclic) bond motifs is 1. The maximum absolute atomic E-state index is 12.9. The molecule has 2 aliphatic rings. The van der Waals surface area contributed by atoms with Gasteiger partial charge in [0.15, 0.2) is 0 Å². The lowest BCUT2D eigenvalue weighted by Crippen LogP contribution is -2.49. The minimum absolute atomic E-state index is 0.0526. The minimum atomic E-state index is -0.401. The fourth-order valence-corrected chi connectivity index (χ4v) is 3.44. The predicted molar refractivity (Wildman–Crippen MR) is 91.0 cm³/mol. The van der Waals surface area contributed by atoms with Gasteiger partial charge < -0.3 is 14.4 Å². The van der Waals surface area contributed by atoms with E-state index in [-0.39, 0.29) is 12.0 Å². The fourth-order valence-electron chi connectivity index (χ4n) is 3.44. The van der Waals surface area contributed by atoms with Crippen molar-refractivity contribution in [1.82, 2.24) is 14.9 Å². The smallest absolute Gasteiger partial charge is 0.316 e. The quantitative estimate of drug-likeness (QED) is 0.856. The van der Waals surface area contributed by atoms with Crippen molar-refractivity contribution in [2.75, 3.05) is 13.1 Å². The number of amides is 1. The van der Waals surface area contributed by atoms with Crippen molar-refractivity contribution in [1.29, 1.82) is 0 Å². The summed E-state index contributed by atoms with van der Waals surface area (Å²) < 4.78 is 11.6. The van der Waals surface area contributed by atoms with Crippen LogP contribution in [0.25, 0.3) is 0 Å². The standard InChI is InChI=1S/C19H21N3O3/c23-18(17-11-14-5-1-2-6-15(14)13-24-17)22-10-3-7-16(12-22)25-19-20-8-4-9-21-19/h1-2,4-6,8-9,16-17H,3,7,10-13H2. The van der Waals surface area contributed by atoms with E-state index >= 15 is 0 Å². The SMILES string of the molecule is O=C(C1Cc2ccccc2CO1)N1CCCC(Oc2ncccn2)C1. The molecule has 2 atom stereocenters. The van der Waals surface area contributed by atoms with Crippen LogP contribution in [0.2, 0.25) is 0 Å². The Morgan fingerprint density at radius 3 is 2.80 bits per heavy atom. The van der Waals surface area contributed by atoms with Crippen LogP contribution >= 0.6 is 0 Å². The number of carbonyl (C=O) groups excluding carboxylic acids is 1. The number of benzene rings is 1. The molecule has 2 aliphatic heterocycles. The zero-order chi connectivity index (χ0) is 17.1. The van der Waals surface area contributed by atoms with Gasteiger partial charge in [-0.25, -0.2) is 9.97 Å². The molecule has 1 amide bonds. The lowest BCUT2D eigenvalue weighted by molar-refractivity contribution is -0.148. The molecule has 0 bridgehead atoms. The molecule has 3 heterocycles. The molecule has 4 rings (SSSR count). The first-order valence-electron chi connectivity index (χ1n) is 8.70. The third-order valence-electron chi connectivity index (χ3n) is 4.74. The van der Waals surface area contributed by atoms with Crippen LogP contribution in [0.3, 0.4) is 0 Å². The lowest BCUT2D eigenvalue weighted by Gasteiger charge is -2.35. The summed E-state index contributed by atoms with van der Waals surface area (Å²) >= 11 is 0. The molecule has 6 heteroatoms. The van der Waals surface area contributed by atoms with Crippen molar-refractivity contribution >= 4 is 5.91 Å². The van der Waals surface area contributed by atoms with Crippen LogP contribution in [0.5, 0.6) is 6.01 Å². The highest BCUT2D eigenvalue weighted by Gasteiger charge is 2.32. The van der Waals surface area contributed by atoms with E-state index in [1.165, 1.54) is 11.1 Å². The van der Waals surface area contributed by atoms with Crippen molar-refractivity contribution in [2.24, 2.45) is 0 Å². The zero-order valence-corrected chi connectivity index (χ0v) is 14.0. The molecule has 0 N–H and O–H groups in total. The first-order valence-corrected chi connectivity index (χ1v) is 8.70. The summed E-state index contributed by atoms with van der Waals surface area (Å²) in [7, 11) is 0. The number of carbonyl (C=O) groups is 1. The number of aromatic nitrogens is 2. The van der Waals surface area contributed by atoms with Crippen molar-refractivity contribution in [3.05, 3.63) is 53.9 Å². The number of likely N-dealkylation sites (tertiary alicyclic amines) is 1. The van der Waals surface area contributed by atoms with Crippen LogP contribution in [0, 0.1) is 0 Å². The maximum Gasteiger partial charge on any atom is 0.316 e. The minimum Gasteiger partial charge on any atom is -0.458 e. The molecule has 25 heavy (non-hydrogen) atoms. The highest BCUT2D eigenvalue weighted by Crippen LogP contribution is 2.23. The molecule has 1 saturated heterocycles. The van der Waals surface area contributed by atoms with E-state index in [0.717, 1.165) is 19.4 Å². The second-order valence-corrected chi connectivity index (χ2v) is 6.47. The predicted octanol–water partition coefficient (Wildman–Crippen LogP) is 1.99. The molecule has 0 radical (unpaired) electrons. The van der Waals surface area contributed by atoms with E-state index in [1.807, 2.05) is 17.0 Å². The zero-order valence-electron chi connectivity index (χ0n) is 14.0. The molecular formula is C19H21N3O3. The van der Waals surface area contributed by atoms with E-state index in [9.17, 15) is 4.79 Å². The summed E-state index contributed by atoms with van der Waals surface area (Å²) in [6.07, 6.45) is 5.28. The maximum atomic E-state index is 12.9. The van der Waals surface area contributed by atoms with Crippen LogP contribution < -0.4 is 4.74 Å². The fraction of sp³-hybridized carbons (Fsp3) is 0.421. The molecule has 0 aliphatic carbocycles. The Morgan fingerprint density at radius 1 is 1.16 bits per heavy atom. The number of nitrogens with zero attached hydrogens (tertiary/aromatic N) is 3. The van der Waals surface area contributed by atoms with Crippen LogP contribution in [0.15, 0.2) is 42.7 Å². The number of rotatable bonds is 3. The molecule has 130 valence electrons. The number of hydrogen-bond donors (Lipinski definition) is 0. The highest BCUT2D eigenvalue weighted by molar-refractivity contribution is 5.81. The average molecular weight is 339 g/mol. The van der Waals surface area contributed by atoms with Crippen molar-refractivity contribution in [3.63, 3.8) is 0 Å². The Hall–Kier alpha value is -2.47. The summed E-state index contributed by atoms with van der Waals surface area (Å²) in [5.41, 5.74) is 2.38. The third kappa shape index (κ3) is 3.64. The third-order valence-corrected chi connectivity index (χ3v) is 4.74. The average Bonchev–Trinajstić information content (AvgIpc) is 2.68. The number of ether oxygens (including phenoxy) is 2. The topological polar surface area (TPSA) is 64.5 Å². The molecule has 0 spiro atoms. The van der Waals surface area contributed by atoms with Gasteiger partial charge >= 0.3 is 6.01 Å². The van der Waals surface area contributed by atoms with Crippen molar-refractivity contribution in [3.8, 4) is 6.01 Å². The van der Waals surface area contributed by atoms with Gasteiger partial charge in [0.25, 0.3) is 5.91 Å². The summed E-state index contributed by atoms with van der Waals surface area (Å²) in [6.45, 7) is 1.80. The van der Waals surface area contributed by atoms with Gasteiger partial charge in [-0.1, -0.05) is 24.3 Å². The van der Waals surface area contributed by atoms with Crippen molar-refractivity contribution in [2.45, 2.75) is 38.1 Å². The molecule has 2 aromatic rings. The van der Waals surface area contributed by atoms with Gasteiger partial charge in [0.2, 0.25) is 0 Å². The van der Waals surface area contributed by atoms with Gasteiger partial charge in [-0.2, -0.15) is 0 Å². The summed E-state index contributed by atoms with van der Waals surface area (Å²) in [5.74, 6) is 0.0526. The van der Waals surface area contributed by atoms with E-state index in [1.54, 1.807) is 18.5 Å². The Labute approximate surface area is 146 Å². The summed E-state index contributed by atoms with van der Waals surface area (Å²) in [5, 5.41) is 0. The van der Waals surface area contributed by atoms with Gasteiger partial charge in [-0.05, 0) is 30.0 Å². The van der Waals surface area contributed by atoms with E-state index in [2.05, 4.69) is 22.1 Å². The molecule has 1 aromatic heterocycles. The number of piperidine rings is 1.